The van der Waals surface area contributed by atoms with Crippen LogP contribution in [0.25, 0.3) is 0 Å². The lowest BCUT2D eigenvalue weighted by Crippen LogP contribution is -2.19. The third kappa shape index (κ3) is 1.89. The van der Waals surface area contributed by atoms with Crippen LogP contribution < -0.4 is 5.32 Å². The summed E-state index contributed by atoms with van der Waals surface area (Å²) in [7, 11) is 0. The van der Waals surface area contributed by atoms with E-state index in [0.717, 1.165) is 31.8 Å². The fourth-order valence-electron chi connectivity index (χ4n) is 2.53. The van der Waals surface area contributed by atoms with E-state index in [1.165, 1.54) is 30.5 Å². The summed E-state index contributed by atoms with van der Waals surface area (Å²) < 4.78 is 5.59. The van der Waals surface area contributed by atoms with Gasteiger partial charge in [0.05, 0.1) is 6.10 Å². The van der Waals surface area contributed by atoms with Crippen LogP contribution in [0.1, 0.15) is 30.5 Å². The molecule has 4 nitrogen and oxygen atoms in total. The minimum absolute atomic E-state index is 0.368. The van der Waals surface area contributed by atoms with Gasteiger partial charge in [-0.3, -0.25) is 0 Å². The van der Waals surface area contributed by atoms with E-state index >= 15 is 0 Å². The monoisotopic (exact) mass is 219 g/mol. The van der Waals surface area contributed by atoms with Crippen LogP contribution in [0.15, 0.2) is 6.33 Å². The summed E-state index contributed by atoms with van der Waals surface area (Å²) in [6, 6.07) is 0. The Morgan fingerprint density at radius 1 is 1.31 bits per heavy atom. The zero-order valence-electron chi connectivity index (χ0n) is 9.41. The van der Waals surface area contributed by atoms with Crippen molar-refractivity contribution in [2.45, 2.75) is 38.2 Å². The van der Waals surface area contributed by atoms with Crippen molar-refractivity contribution in [1.29, 1.82) is 0 Å². The molecule has 3 rings (SSSR count). The molecule has 16 heavy (non-hydrogen) atoms. The smallest absolute Gasteiger partial charge is 0.132 e. The Morgan fingerprint density at radius 2 is 2.31 bits per heavy atom. The summed E-state index contributed by atoms with van der Waals surface area (Å²) in [5.41, 5.74) is 2.55. The van der Waals surface area contributed by atoms with E-state index in [-0.39, 0.29) is 0 Å². The first-order chi connectivity index (χ1) is 7.93. The van der Waals surface area contributed by atoms with Gasteiger partial charge in [-0.05, 0) is 32.1 Å². The van der Waals surface area contributed by atoms with Gasteiger partial charge in [0, 0.05) is 24.4 Å². The van der Waals surface area contributed by atoms with Crippen molar-refractivity contribution in [2.24, 2.45) is 0 Å². The van der Waals surface area contributed by atoms with Crippen molar-refractivity contribution in [1.82, 2.24) is 9.97 Å². The molecule has 86 valence electrons. The molecule has 2 aliphatic rings. The van der Waals surface area contributed by atoms with Crippen molar-refractivity contribution in [2.75, 3.05) is 18.5 Å². The molecule has 1 unspecified atom stereocenters. The van der Waals surface area contributed by atoms with E-state index in [9.17, 15) is 0 Å². The minimum Gasteiger partial charge on any atom is -0.376 e. The highest BCUT2D eigenvalue weighted by Gasteiger charge is 2.19. The van der Waals surface area contributed by atoms with Crippen LogP contribution in [0, 0.1) is 0 Å². The molecule has 0 amide bonds. The van der Waals surface area contributed by atoms with Gasteiger partial charge in [0.25, 0.3) is 0 Å². The van der Waals surface area contributed by atoms with Gasteiger partial charge in [-0.25, -0.2) is 9.97 Å². The maximum Gasteiger partial charge on any atom is 0.132 e. The lowest BCUT2D eigenvalue weighted by Gasteiger charge is -2.13. The molecule has 1 aromatic heterocycles. The Balaban J connectivity index is 1.67. The molecule has 1 aromatic rings. The van der Waals surface area contributed by atoms with Crippen LogP contribution in [0.3, 0.4) is 0 Å². The average Bonchev–Trinajstić information content (AvgIpc) is 2.97. The number of nitrogens with one attached hydrogen (secondary N) is 1. The second-order valence-electron chi connectivity index (χ2n) is 4.52. The highest BCUT2D eigenvalue weighted by atomic mass is 16.5. The number of hydrogen-bond donors (Lipinski definition) is 1. The van der Waals surface area contributed by atoms with Gasteiger partial charge in [-0.15, -0.1) is 0 Å². The van der Waals surface area contributed by atoms with E-state index in [2.05, 4.69) is 15.3 Å². The molecule has 0 radical (unpaired) electrons. The first-order valence-corrected chi connectivity index (χ1v) is 6.12. The second-order valence-corrected chi connectivity index (χ2v) is 4.52. The summed E-state index contributed by atoms with van der Waals surface area (Å²) >= 11 is 0. The summed E-state index contributed by atoms with van der Waals surface area (Å²) in [5.74, 6) is 1.03. The molecule has 1 aliphatic heterocycles. The molecule has 0 saturated carbocycles. The lowest BCUT2D eigenvalue weighted by molar-refractivity contribution is 0.120. The molecule has 2 heterocycles. The Labute approximate surface area is 95.4 Å². The first kappa shape index (κ1) is 10.0. The summed E-state index contributed by atoms with van der Waals surface area (Å²) in [4.78, 5) is 8.65. The van der Waals surface area contributed by atoms with E-state index in [4.69, 9.17) is 4.74 Å². The number of anilines is 1. The second kappa shape index (κ2) is 4.37. The minimum atomic E-state index is 0.368. The summed E-state index contributed by atoms with van der Waals surface area (Å²) in [5, 5.41) is 3.41. The highest BCUT2D eigenvalue weighted by molar-refractivity contribution is 5.47. The van der Waals surface area contributed by atoms with Crippen LogP contribution in [0.5, 0.6) is 0 Å². The van der Waals surface area contributed by atoms with Crippen LogP contribution in [-0.2, 0) is 17.6 Å². The van der Waals surface area contributed by atoms with E-state index < -0.39 is 0 Å². The molecule has 1 saturated heterocycles. The van der Waals surface area contributed by atoms with Crippen LogP contribution >= 0.6 is 0 Å². The van der Waals surface area contributed by atoms with Crippen molar-refractivity contribution >= 4 is 5.82 Å². The van der Waals surface area contributed by atoms with Gasteiger partial charge >= 0.3 is 0 Å². The molecule has 0 aromatic carbocycles. The molecule has 4 heteroatoms. The van der Waals surface area contributed by atoms with Crippen molar-refractivity contribution in [3.05, 3.63) is 17.6 Å². The van der Waals surface area contributed by atoms with Gasteiger partial charge in [-0.1, -0.05) is 0 Å². The van der Waals surface area contributed by atoms with Crippen LogP contribution in [-0.4, -0.2) is 29.2 Å². The fraction of sp³-hybridized carbons (Fsp3) is 0.667. The Kier molecular flexibility index (Phi) is 2.74. The van der Waals surface area contributed by atoms with E-state index in [1.54, 1.807) is 6.33 Å². The quantitative estimate of drug-likeness (QED) is 0.838. The SMILES string of the molecule is c1nc2c(c(NCC3CCCO3)n1)CCC2. The van der Waals surface area contributed by atoms with Gasteiger partial charge < -0.3 is 10.1 Å². The number of aromatic nitrogens is 2. The maximum atomic E-state index is 5.59. The van der Waals surface area contributed by atoms with Crippen molar-refractivity contribution in [3.8, 4) is 0 Å². The lowest BCUT2D eigenvalue weighted by atomic mass is 10.2. The maximum absolute atomic E-state index is 5.59. The highest BCUT2D eigenvalue weighted by Crippen LogP contribution is 2.25. The number of fused-ring (bicyclic) bond motifs is 1. The number of hydrogen-bond acceptors (Lipinski definition) is 4. The van der Waals surface area contributed by atoms with Gasteiger partial charge in [-0.2, -0.15) is 0 Å². The predicted octanol–water partition coefficient (Wildman–Crippen LogP) is 1.56. The number of ether oxygens (including phenoxy) is 1. The predicted molar refractivity (Wildman–Crippen MR) is 61.5 cm³/mol. The molecule has 1 N–H and O–H groups in total. The fourth-order valence-corrected chi connectivity index (χ4v) is 2.53. The van der Waals surface area contributed by atoms with Crippen LogP contribution in [0.2, 0.25) is 0 Å². The third-order valence-electron chi connectivity index (χ3n) is 3.40. The molecule has 0 bridgehead atoms. The molecule has 1 aliphatic carbocycles. The van der Waals surface area contributed by atoms with E-state index in [0.29, 0.717) is 6.10 Å². The van der Waals surface area contributed by atoms with E-state index in [1.807, 2.05) is 0 Å². The normalized spacial score (nSPS) is 23.4. The number of nitrogens with zero attached hydrogens (tertiary/aromatic N) is 2. The zero-order valence-corrected chi connectivity index (χ0v) is 9.41. The van der Waals surface area contributed by atoms with Gasteiger partial charge in [0.15, 0.2) is 0 Å². The molecule has 1 atom stereocenters. The molecular formula is C12H17N3O. The average molecular weight is 219 g/mol. The van der Waals surface area contributed by atoms with Crippen molar-refractivity contribution in [3.63, 3.8) is 0 Å². The Bertz CT molecular complexity index is 375. The van der Waals surface area contributed by atoms with Crippen LogP contribution in [0.4, 0.5) is 5.82 Å². The molecule has 0 spiro atoms. The topological polar surface area (TPSA) is 47.0 Å². The van der Waals surface area contributed by atoms with Crippen molar-refractivity contribution < 1.29 is 4.74 Å². The number of rotatable bonds is 3. The molecule has 1 fully saturated rings. The Morgan fingerprint density at radius 3 is 3.19 bits per heavy atom. The Hall–Kier alpha value is -1.16. The molecular weight excluding hydrogens is 202 g/mol. The van der Waals surface area contributed by atoms with Gasteiger partial charge in [0.2, 0.25) is 0 Å². The van der Waals surface area contributed by atoms with Gasteiger partial charge in [0.1, 0.15) is 12.1 Å². The number of aryl methyl sites for hydroxylation is 1. The standard InChI is InChI=1S/C12H17N3O/c1-4-10-11(5-1)14-8-15-12(10)13-7-9-3-2-6-16-9/h8-9H,1-7H2,(H,13,14,15). The largest absolute Gasteiger partial charge is 0.376 e. The summed E-state index contributed by atoms with van der Waals surface area (Å²) in [6.07, 6.45) is 7.82. The first-order valence-electron chi connectivity index (χ1n) is 6.12. The summed E-state index contributed by atoms with van der Waals surface area (Å²) in [6.45, 7) is 1.79. The third-order valence-corrected chi connectivity index (χ3v) is 3.40. The zero-order chi connectivity index (χ0) is 10.8.